The van der Waals surface area contributed by atoms with Crippen LogP contribution >= 0.6 is 0 Å². The first-order valence-electron chi connectivity index (χ1n) is 10.6. The molecule has 34 heavy (non-hydrogen) atoms. The number of ether oxygens (including phenoxy) is 2. The summed E-state index contributed by atoms with van der Waals surface area (Å²) in [6.45, 7) is 0.0219. The molecule has 0 amide bonds. The minimum Gasteiger partial charge on any atom is -0.489 e. The Bertz CT molecular complexity index is 1200. The summed E-state index contributed by atoms with van der Waals surface area (Å²) in [4.78, 5) is 25.6. The number of ketones is 2. The summed E-state index contributed by atoms with van der Waals surface area (Å²) >= 11 is 0. The average Bonchev–Trinajstić information content (AvgIpc) is 2.88. The van der Waals surface area contributed by atoms with Gasteiger partial charge in [-0.15, -0.1) is 0 Å². The van der Waals surface area contributed by atoms with Gasteiger partial charge in [-0.1, -0.05) is 60.7 Å². The maximum atomic E-state index is 13.8. The third-order valence-corrected chi connectivity index (χ3v) is 5.04. The Morgan fingerprint density at radius 2 is 0.941 bits per heavy atom. The maximum absolute atomic E-state index is 13.8. The highest BCUT2D eigenvalue weighted by atomic mass is 19.1. The number of hydrogen-bond acceptors (Lipinski definition) is 4. The van der Waals surface area contributed by atoms with E-state index in [9.17, 15) is 18.4 Å². The topological polar surface area (TPSA) is 52.6 Å². The largest absolute Gasteiger partial charge is 0.489 e. The molecule has 170 valence electrons. The van der Waals surface area contributed by atoms with Gasteiger partial charge in [0.1, 0.15) is 36.3 Å². The fourth-order valence-corrected chi connectivity index (χ4v) is 3.40. The van der Waals surface area contributed by atoms with Gasteiger partial charge in [0, 0.05) is 11.1 Å². The first-order valence-corrected chi connectivity index (χ1v) is 10.6. The van der Waals surface area contributed by atoms with Gasteiger partial charge in [0.25, 0.3) is 0 Å². The van der Waals surface area contributed by atoms with Crippen LogP contribution in [0.5, 0.6) is 11.5 Å². The molecular weight excluding hydrogens is 438 g/mol. The summed E-state index contributed by atoms with van der Waals surface area (Å²) in [6.07, 6.45) is 0. The molecule has 0 saturated heterocycles. The fourth-order valence-electron chi connectivity index (χ4n) is 3.40. The molecule has 0 N–H and O–H groups in total. The molecule has 6 heteroatoms. The van der Waals surface area contributed by atoms with E-state index in [1.165, 1.54) is 24.3 Å². The zero-order valence-electron chi connectivity index (χ0n) is 18.0. The second-order valence-electron chi connectivity index (χ2n) is 7.37. The molecule has 0 saturated carbocycles. The summed E-state index contributed by atoms with van der Waals surface area (Å²) in [7, 11) is 0. The zero-order chi connectivity index (χ0) is 23.9. The lowest BCUT2D eigenvalue weighted by molar-refractivity contribution is 0.102. The minimum absolute atomic E-state index is 0.0110. The number of benzene rings is 4. The molecule has 0 radical (unpaired) electrons. The highest BCUT2D eigenvalue weighted by Crippen LogP contribution is 2.25. The van der Waals surface area contributed by atoms with E-state index in [4.69, 9.17) is 9.47 Å². The number of carbonyl (C=O) groups excluding carboxylic acids is 2. The Balaban J connectivity index is 1.46. The van der Waals surface area contributed by atoms with Gasteiger partial charge in [-0.3, -0.25) is 9.59 Å². The van der Waals surface area contributed by atoms with Crippen molar-refractivity contribution in [3.05, 3.63) is 131 Å². The predicted molar refractivity (Wildman–Crippen MR) is 124 cm³/mol. The fraction of sp³-hybridized carbons (Fsp3) is 0.0714. The van der Waals surface area contributed by atoms with Crippen molar-refractivity contribution >= 4 is 11.6 Å². The molecule has 0 aliphatic heterocycles. The van der Waals surface area contributed by atoms with E-state index >= 15 is 0 Å². The number of carbonyl (C=O) groups is 2. The van der Waals surface area contributed by atoms with Gasteiger partial charge in [-0.2, -0.15) is 0 Å². The molecule has 0 heterocycles. The molecule has 0 bridgehead atoms. The van der Waals surface area contributed by atoms with Crippen molar-refractivity contribution in [1.82, 2.24) is 0 Å². The van der Waals surface area contributed by atoms with Crippen LogP contribution in [0.3, 0.4) is 0 Å². The number of hydrogen-bond donors (Lipinski definition) is 0. The molecule has 0 fully saturated rings. The van der Waals surface area contributed by atoms with Crippen molar-refractivity contribution in [2.45, 2.75) is 0 Å². The summed E-state index contributed by atoms with van der Waals surface area (Å²) in [5, 5.41) is 0. The van der Waals surface area contributed by atoms with Crippen molar-refractivity contribution in [2.24, 2.45) is 0 Å². The van der Waals surface area contributed by atoms with E-state index < -0.39 is 11.6 Å². The van der Waals surface area contributed by atoms with Crippen LogP contribution in [0.2, 0.25) is 0 Å². The SMILES string of the molecule is O=C(c1ccccc1)c1cc(F)ccc1OCCOc1ccc(F)cc1C(=O)c1ccccc1. The predicted octanol–water partition coefficient (Wildman–Crippen LogP) is 5.88. The van der Waals surface area contributed by atoms with Crippen molar-refractivity contribution < 1.29 is 27.8 Å². The molecule has 0 atom stereocenters. The lowest BCUT2D eigenvalue weighted by atomic mass is 10.0. The Hall–Kier alpha value is -4.32. The van der Waals surface area contributed by atoms with Gasteiger partial charge >= 0.3 is 0 Å². The molecule has 4 rings (SSSR count). The van der Waals surface area contributed by atoms with E-state index in [1.807, 2.05) is 0 Å². The van der Waals surface area contributed by atoms with Gasteiger partial charge in [-0.25, -0.2) is 8.78 Å². The summed E-state index contributed by atoms with van der Waals surface area (Å²) in [5.74, 6) is -1.44. The van der Waals surface area contributed by atoms with Crippen LogP contribution in [0, 0.1) is 11.6 Å². The Labute approximate surface area is 195 Å². The number of halogens is 2. The van der Waals surface area contributed by atoms with Crippen LogP contribution in [0.4, 0.5) is 8.78 Å². The Morgan fingerprint density at radius 3 is 1.32 bits per heavy atom. The molecule has 0 aliphatic rings. The Morgan fingerprint density at radius 1 is 0.559 bits per heavy atom. The monoisotopic (exact) mass is 458 g/mol. The van der Waals surface area contributed by atoms with Crippen molar-refractivity contribution in [1.29, 1.82) is 0 Å². The highest BCUT2D eigenvalue weighted by Gasteiger charge is 2.18. The summed E-state index contributed by atoms with van der Waals surface area (Å²) < 4.78 is 39.0. The zero-order valence-corrected chi connectivity index (χ0v) is 18.0. The van der Waals surface area contributed by atoms with Crippen LogP contribution in [0.25, 0.3) is 0 Å². The summed E-state index contributed by atoms with van der Waals surface area (Å²) in [5.41, 5.74) is 0.995. The molecule has 0 aromatic heterocycles. The molecular formula is C28H20F2O4. The van der Waals surface area contributed by atoms with Gasteiger partial charge < -0.3 is 9.47 Å². The van der Waals surface area contributed by atoms with Gasteiger partial charge in [0.05, 0.1) is 11.1 Å². The smallest absolute Gasteiger partial charge is 0.196 e. The van der Waals surface area contributed by atoms with Crippen molar-refractivity contribution in [3.63, 3.8) is 0 Å². The summed E-state index contributed by atoms with van der Waals surface area (Å²) in [6, 6.07) is 24.4. The van der Waals surface area contributed by atoms with Crippen molar-refractivity contribution in [3.8, 4) is 11.5 Å². The quantitative estimate of drug-likeness (QED) is 0.232. The first kappa shape index (κ1) is 22.9. The van der Waals surface area contributed by atoms with Crippen LogP contribution in [-0.2, 0) is 0 Å². The maximum Gasteiger partial charge on any atom is 0.196 e. The highest BCUT2D eigenvalue weighted by molar-refractivity contribution is 6.11. The van der Waals surface area contributed by atoms with Crippen LogP contribution < -0.4 is 9.47 Å². The third-order valence-electron chi connectivity index (χ3n) is 5.04. The normalized spacial score (nSPS) is 10.5. The molecule has 0 spiro atoms. The second-order valence-corrected chi connectivity index (χ2v) is 7.37. The van der Waals surface area contributed by atoms with Crippen molar-refractivity contribution in [2.75, 3.05) is 13.2 Å². The van der Waals surface area contributed by atoms with E-state index in [0.29, 0.717) is 11.1 Å². The van der Waals surface area contributed by atoms with Gasteiger partial charge in [0.2, 0.25) is 0 Å². The van der Waals surface area contributed by atoms with E-state index in [0.717, 1.165) is 12.1 Å². The van der Waals surface area contributed by atoms with E-state index in [1.54, 1.807) is 60.7 Å². The molecule has 4 aromatic carbocycles. The lowest BCUT2D eigenvalue weighted by Crippen LogP contribution is -2.14. The third kappa shape index (κ3) is 5.35. The second kappa shape index (κ2) is 10.5. The first-order chi connectivity index (χ1) is 16.5. The van der Waals surface area contributed by atoms with E-state index in [2.05, 4.69) is 0 Å². The lowest BCUT2D eigenvalue weighted by Gasteiger charge is -2.14. The molecule has 4 nitrogen and oxygen atoms in total. The molecule has 4 aromatic rings. The van der Waals surface area contributed by atoms with E-state index in [-0.39, 0.29) is 47.4 Å². The van der Waals surface area contributed by atoms with Crippen LogP contribution in [0.15, 0.2) is 97.1 Å². The van der Waals surface area contributed by atoms with Gasteiger partial charge in [0.15, 0.2) is 11.6 Å². The molecule has 0 unspecified atom stereocenters. The molecule has 0 aliphatic carbocycles. The average molecular weight is 458 g/mol. The standard InChI is InChI=1S/C28H20F2O4/c29-21-11-13-25(23(17-21)27(31)19-7-3-1-4-8-19)33-15-16-34-26-14-12-22(30)18-24(26)28(32)20-9-5-2-6-10-20/h1-14,17-18H,15-16H2. The Kier molecular flexibility index (Phi) is 7.08. The van der Waals surface area contributed by atoms with Crippen LogP contribution in [0.1, 0.15) is 31.8 Å². The van der Waals surface area contributed by atoms with Crippen LogP contribution in [-0.4, -0.2) is 24.8 Å². The minimum atomic E-state index is -0.557. The number of rotatable bonds is 9. The van der Waals surface area contributed by atoms with Gasteiger partial charge in [-0.05, 0) is 36.4 Å².